The maximum atomic E-state index is 12.4. The zero-order chi connectivity index (χ0) is 19.6. The van der Waals surface area contributed by atoms with Gasteiger partial charge in [0.25, 0.3) is 0 Å². The molecule has 0 aliphatic rings. The Morgan fingerprint density at radius 3 is 1.74 bits per heavy atom. The quantitative estimate of drug-likeness (QED) is 0.313. The highest BCUT2D eigenvalue weighted by atomic mass is 33.1. The molecule has 0 bridgehead atoms. The summed E-state index contributed by atoms with van der Waals surface area (Å²) in [5.74, 6) is -1.03. The average Bonchev–Trinajstić information content (AvgIpc) is 2.70. The van der Waals surface area contributed by atoms with Crippen molar-refractivity contribution >= 4 is 33.5 Å². The van der Waals surface area contributed by atoms with Gasteiger partial charge in [-0.2, -0.15) is 0 Å². The third-order valence-corrected chi connectivity index (χ3v) is 6.11. The van der Waals surface area contributed by atoms with Gasteiger partial charge >= 0.3 is 11.9 Å². The average molecular weight is 407 g/mol. The third kappa shape index (κ3) is 6.91. The van der Waals surface area contributed by atoms with Crippen molar-refractivity contribution in [1.29, 1.82) is 0 Å². The van der Waals surface area contributed by atoms with Gasteiger partial charge in [-0.05, 0) is 11.1 Å². The Labute approximate surface area is 166 Å². The molecule has 2 rings (SSSR count). The number of aliphatic carboxylic acids is 1. The molecule has 5 N–H and O–H groups in total. The van der Waals surface area contributed by atoms with Crippen molar-refractivity contribution in [3.8, 4) is 0 Å². The number of carbonyl (C=O) groups excluding carboxylic acids is 1. The SMILES string of the molecule is N[C@@H](CSSC[C@H](N)C(=O)OC(c1ccccc1)c1ccccc1)C(=O)O. The van der Waals surface area contributed by atoms with E-state index in [-0.39, 0.29) is 5.75 Å². The number of carboxylic acids is 1. The van der Waals surface area contributed by atoms with Crippen LogP contribution in [0, 0.1) is 0 Å². The summed E-state index contributed by atoms with van der Waals surface area (Å²) in [5.41, 5.74) is 13.1. The maximum absolute atomic E-state index is 12.4. The maximum Gasteiger partial charge on any atom is 0.324 e. The predicted molar refractivity (Wildman–Crippen MR) is 109 cm³/mol. The molecular weight excluding hydrogens is 384 g/mol. The molecule has 0 saturated carbocycles. The molecule has 144 valence electrons. The minimum Gasteiger partial charge on any atom is -0.480 e. The van der Waals surface area contributed by atoms with Crippen LogP contribution >= 0.6 is 21.6 Å². The predicted octanol–water partition coefficient (Wildman–Crippen LogP) is 2.44. The molecule has 0 heterocycles. The number of benzene rings is 2. The number of carboxylic acid groups (broad SMARTS) is 1. The topological polar surface area (TPSA) is 116 Å². The molecule has 0 aliphatic carbocycles. The summed E-state index contributed by atoms with van der Waals surface area (Å²) in [6.45, 7) is 0. The highest BCUT2D eigenvalue weighted by Crippen LogP contribution is 2.27. The van der Waals surface area contributed by atoms with Gasteiger partial charge in [0.2, 0.25) is 0 Å². The molecule has 0 saturated heterocycles. The lowest BCUT2D eigenvalue weighted by Crippen LogP contribution is -2.35. The first-order valence-electron chi connectivity index (χ1n) is 8.27. The fourth-order valence-corrected chi connectivity index (χ4v) is 4.39. The van der Waals surface area contributed by atoms with Crippen molar-refractivity contribution in [1.82, 2.24) is 0 Å². The van der Waals surface area contributed by atoms with Crippen LogP contribution in [0.4, 0.5) is 0 Å². The van der Waals surface area contributed by atoms with Gasteiger partial charge in [0.1, 0.15) is 12.1 Å². The van der Waals surface area contributed by atoms with Crippen LogP contribution in [-0.4, -0.2) is 40.6 Å². The Kier molecular flexibility index (Phi) is 8.66. The van der Waals surface area contributed by atoms with E-state index in [0.717, 1.165) is 11.1 Å². The smallest absolute Gasteiger partial charge is 0.324 e. The monoisotopic (exact) mass is 406 g/mol. The van der Waals surface area contributed by atoms with E-state index < -0.39 is 30.1 Å². The molecule has 0 amide bonds. The fourth-order valence-electron chi connectivity index (χ4n) is 2.17. The van der Waals surface area contributed by atoms with Crippen LogP contribution in [0.5, 0.6) is 0 Å². The number of rotatable bonds is 10. The Hall–Kier alpha value is -2.00. The van der Waals surface area contributed by atoms with Crippen LogP contribution in [0.15, 0.2) is 60.7 Å². The Morgan fingerprint density at radius 1 is 0.852 bits per heavy atom. The number of nitrogens with two attached hydrogens (primary N) is 2. The second kappa shape index (κ2) is 11.0. The van der Waals surface area contributed by atoms with Gasteiger partial charge in [-0.15, -0.1) is 0 Å². The summed E-state index contributed by atoms with van der Waals surface area (Å²) in [4.78, 5) is 23.1. The Bertz CT molecular complexity index is 692. The number of ether oxygens (including phenoxy) is 1. The van der Waals surface area contributed by atoms with E-state index in [1.807, 2.05) is 60.7 Å². The van der Waals surface area contributed by atoms with Gasteiger partial charge in [-0.1, -0.05) is 82.3 Å². The van der Waals surface area contributed by atoms with Gasteiger partial charge < -0.3 is 21.3 Å². The molecule has 8 heteroatoms. The summed E-state index contributed by atoms with van der Waals surface area (Å²) in [6.07, 6.45) is -0.538. The lowest BCUT2D eigenvalue weighted by molar-refractivity contribution is -0.148. The minimum absolute atomic E-state index is 0.235. The van der Waals surface area contributed by atoms with E-state index in [1.54, 1.807) is 0 Å². The van der Waals surface area contributed by atoms with Crippen molar-refractivity contribution in [2.45, 2.75) is 18.2 Å². The van der Waals surface area contributed by atoms with Crippen molar-refractivity contribution in [2.24, 2.45) is 11.5 Å². The number of hydrogen-bond acceptors (Lipinski definition) is 7. The third-order valence-electron chi connectivity index (χ3n) is 3.64. The number of esters is 1. The molecular formula is C19H22N2O4S2. The molecule has 0 spiro atoms. The fraction of sp³-hybridized carbons (Fsp3) is 0.263. The number of carbonyl (C=O) groups is 2. The summed E-state index contributed by atoms with van der Waals surface area (Å²) in [7, 11) is 2.57. The van der Waals surface area contributed by atoms with Crippen molar-refractivity contribution < 1.29 is 19.4 Å². The van der Waals surface area contributed by atoms with E-state index >= 15 is 0 Å². The van der Waals surface area contributed by atoms with E-state index in [9.17, 15) is 9.59 Å². The molecule has 27 heavy (non-hydrogen) atoms. The van der Waals surface area contributed by atoms with Crippen molar-refractivity contribution in [2.75, 3.05) is 11.5 Å². The van der Waals surface area contributed by atoms with E-state index in [4.69, 9.17) is 21.3 Å². The zero-order valence-corrected chi connectivity index (χ0v) is 16.2. The molecule has 0 unspecified atom stereocenters. The second-order valence-electron chi connectivity index (χ2n) is 5.76. The first-order valence-corrected chi connectivity index (χ1v) is 10.8. The standard InChI is InChI=1S/C19H22N2O4S2/c20-15(18(22)23)11-26-27-12-16(21)19(24)25-17(13-7-3-1-4-8-13)14-9-5-2-6-10-14/h1-10,15-17H,11-12,20-21H2,(H,22,23)/t15-,16-/m0/s1. The van der Waals surface area contributed by atoms with Crippen LogP contribution in [0.1, 0.15) is 17.2 Å². The Balaban J connectivity index is 1.94. The van der Waals surface area contributed by atoms with Crippen LogP contribution in [-0.2, 0) is 14.3 Å². The van der Waals surface area contributed by atoms with E-state index in [1.165, 1.54) is 21.6 Å². The lowest BCUT2D eigenvalue weighted by Gasteiger charge is -2.21. The van der Waals surface area contributed by atoms with Gasteiger partial charge in [-0.25, -0.2) is 0 Å². The highest BCUT2D eigenvalue weighted by Gasteiger charge is 2.23. The van der Waals surface area contributed by atoms with Gasteiger partial charge in [0, 0.05) is 11.5 Å². The van der Waals surface area contributed by atoms with Gasteiger partial charge in [-0.3, -0.25) is 9.59 Å². The molecule has 2 aromatic carbocycles. The molecule has 0 radical (unpaired) electrons. The van der Waals surface area contributed by atoms with Gasteiger partial charge in [0.15, 0.2) is 6.10 Å². The van der Waals surface area contributed by atoms with E-state index in [0.29, 0.717) is 5.75 Å². The zero-order valence-electron chi connectivity index (χ0n) is 14.6. The normalized spacial score (nSPS) is 13.1. The Morgan fingerprint density at radius 2 is 1.30 bits per heavy atom. The first-order chi connectivity index (χ1) is 13.0. The van der Waals surface area contributed by atoms with Crippen LogP contribution in [0.25, 0.3) is 0 Å². The molecule has 2 aromatic rings. The van der Waals surface area contributed by atoms with E-state index in [2.05, 4.69) is 0 Å². The van der Waals surface area contributed by atoms with Crippen molar-refractivity contribution in [3.05, 3.63) is 71.8 Å². The van der Waals surface area contributed by atoms with Crippen LogP contribution < -0.4 is 11.5 Å². The van der Waals surface area contributed by atoms with Crippen LogP contribution in [0.3, 0.4) is 0 Å². The summed E-state index contributed by atoms with van der Waals surface area (Å²) in [5, 5.41) is 8.75. The van der Waals surface area contributed by atoms with Crippen LogP contribution in [0.2, 0.25) is 0 Å². The molecule has 2 atom stereocenters. The van der Waals surface area contributed by atoms with Crippen molar-refractivity contribution in [3.63, 3.8) is 0 Å². The molecule has 6 nitrogen and oxygen atoms in total. The summed E-state index contributed by atoms with van der Waals surface area (Å²) >= 11 is 0. The minimum atomic E-state index is -1.06. The highest BCUT2D eigenvalue weighted by molar-refractivity contribution is 8.76. The summed E-state index contributed by atoms with van der Waals surface area (Å²) in [6, 6.07) is 17.2. The van der Waals surface area contributed by atoms with Gasteiger partial charge in [0.05, 0.1) is 0 Å². The summed E-state index contributed by atoms with van der Waals surface area (Å²) < 4.78 is 5.70. The lowest BCUT2D eigenvalue weighted by atomic mass is 10.0. The largest absolute Gasteiger partial charge is 0.480 e. The molecule has 0 aromatic heterocycles. The second-order valence-corrected chi connectivity index (χ2v) is 8.31. The first kappa shape index (κ1) is 21.3. The molecule has 0 aliphatic heterocycles. The molecule has 0 fully saturated rings. The number of hydrogen-bond donors (Lipinski definition) is 3.